The van der Waals surface area contributed by atoms with E-state index in [2.05, 4.69) is 22.4 Å². The van der Waals surface area contributed by atoms with E-state index in [0.717, 1.165) is 19.3 Å². The van der Waals surface area contributed by atoms with Crippen LogP contribution in [0.15, 0.2) is 29.0 Å². The number of aryl methyl sites for hydroxylation is 2. The number of pyridine rings is 1. The Morgan fingerprint density at radius 1 is 1.24 bits per heavy atom. The lowest BCUT2D eigenvalue weighted by atomic mass is 9.78. The number of rotatable bonds is 7. The Kier molecular flexibility index (Phi) is 8.89. The first kappa shape index (κ1) is 28.1. The van der Waals surface area contributed by atoms with Gasteiger partial charge in [-0.3, -0.25) is 14.6 Å². The molecule has 2 amide bonds. The smallest absolute Gasteiger partial charge is 0.475 e. The van der Waals surface area contributed by atoms with Gasteiger partial charge in [0.2, 0.25) is 0 Å². The third-order valence-electron chi connectivity index (χ3n) is 6.39. The Labute approximate surface area is 211 Å². The topological polar surface area (TPSA) is 135 Å². The molecule has 202 valence electrons. The van der Waals surface area contributed by atoms with Gasteiger partial charge in [-0.15, -0.1) is 0 Å². The van der Waals surface area contributed by atoms with Gasteiger partial charge in [-0.2, -0.15) is 13.2 Å². The Morgan fingerprint density at radius 3 is 2.49 bits per heavy atom. The quantitative estimate of drug-likeness (QED) is 0.562. The SMILES string of the molecule is CCCc1onc(C)c1C(=O)N1CC2(C1)OCCC2CCNC(=O)c1ccncc1.O=C(O)C(F)(F)F. The summed E-state index contributed by atoms with van der Waals surface area (Å²) in [6.45, 7) is 6.28. The standard InChI is InChI=1S/C22H28N4O4.C2HF3O2/c1-3-4-18-19(15(2)25-30-18)21(28)26-13-22(14-26)17(8-12-29-22)7-11-24-20(27)16-5-9-23-10-6-16;3-2(4,5)1(6)7/h5-6,9-10,17H,3-4,7-8,11-14H2,1-2H3,(H,24,27);(H,6,7). The van der Waals surface area contributed by atoms with E-state index in [1.165, 1.54) is 0 Å². The van der Waals surface area contributed by atoms with Crippen LogP contribution < -0.4 is 5.32 Å². The fraction of sp³-hybridized carbons (Fsp3) is 0.542. The fourth-order valence-corrected chi connectivity index (χ4v) is 4.50. The molecule has 2 fully saturated rings. The van der Waals surface area contributed by atoms with Crippen molar-refractivity contribution in [1.29, 1.82) is 0 Å². The number of carbonyl (C=O) groups excluding carboxylic acids is 2. The summed E-state index contributed by atoms with van der Waals surface area (Å²) in [4.78, 5) is 39.9. The van der Waals surface area contributed by atoms with E-state index in [1.54, 1.807) is 24.5 Å². The molecule has 2 aliphatic rings. The van der Waals surface area contributed by atoms with Crippen LogP contribution in [-0.4, -0.2) is 75.9 Å². The third kappa shape index (κ3) is 6.64. The maximum atomic E-state index is 13.0. The summed E-state index contributed by atoms with van der Waals surface area (Å²) in [6, 6.07) is 3.40. The van der Waals surface area contributed by atoms with Gasteiger partial charge in [-0.05, 0) is 44.2 Å². The van der Waals surface area contributed by atoms with E-state index in [9.17, 15) is 22.8 Å². The number of carbonyl (C=O) groups is 3. The van der Waals surface area contributed by atoms with Crippen molar-refractivity contribution >= 4 is 17.8 Å². The largest absolute Gasteiger partial charge is 0.490 e. The van der Waals surface area contributed by atoms with Crippen molar-refractivity contribution in [2.45, 2.75) is 51.3 Å². The number of alkyl halides is 3. The van der Waals surface area contributed by atoms with Crippen LogP contribution in [0.4, 0.5) is 13.2 Å². The van der Waals surface area contributed by atoms with Crippen LogP contribution in [0.5, 0.6) is 0 Å². The molecule has 4 rings (SSSR count). The molecule has 2 saturated heterocycles. The minimum absolute atomic E-state index is 0.0249. The summed E-state index contributed by atoms with van der Waals surface area (Å²) in [5, 5.41) is 14.1. The number of hydrogen-bond donors (Lipinski definition) is 2. The minimum Gasteiger partial charge on any atom is -0.475 e. The van der Waals surface area contributed by atoms with E-state index < -0.39 is 12.1 Å². The third-order valence-corrected chi connectivity index (χ3v) is 6.39. The molecule has 1 spiro atoms. The van der Waals surface area contributed by atoms with Crippen LogP contribution in [-0.2, 0) is 16.0 Å². The van der Waals surface area contributed by atoms with Gasteiger partial charge in [0.05, 0.1) is 18.8 Å². The first-order chi connectivity index (χ1) is 17.5. The number of aliphatic carboxylic acids is 1. The molecule has 0 aromatic carbocycles. The molecule has 0 aliphatic carbocycles. The van der Waals surface area contributed by atoms with Crippen molar-refractivity contribution in [3.63, 3.8) is 0 Å². The van der Waals surface area contributed by atoms with E-state index in [-0.39, 0.29) is 17.4 Å². The summed E-state index contributed by atoms with van der Waals surface area (Å²) >= 11 is 0. The molecule has 2 aliphatic heterocycles. The highest BCUT2D eigenvalue weighted by atomic mass is 19.4. The fourth-order valence-electron chi connectivity index (χ4n) is 4.50. The van der Waals surface area contributed by atoms with Crippen molar-refractivity contribution in [1.82, 2.24) is 20.4 Å². The molecule has 1 atom stereocenters. The minimum atomic E-state index is -5.08. The number of ether oxygens (including phenoxy) is 1. The normalized spacial score (nSPS) is 18.1. The number of aromatic nitrogens is 2. The van der Waals surface area contributed by atoms with Gasteiger partial charge in [-0.1, -0.05) is 12.1 Å². The summed E-state index contributed by atoms with van der Waals surface area (Å²) < 4.78 is 43.2. The molecule has 1 unspecified atom stereocenters. The summed E-state index contributed by atoms with van der Waals surface area (Å²) in [5.74, 6) is -1.89. The van der Waals surface area contributed by atoms with Gasteiger partial charge in [0, 0.05) is 37.5 Å². The monoisotopic (exact) mass is 526 g/mol. The first-order valence-corrected chi connectivity index (χ1v) is 11.8. The second kappa shape index (κ2) is 11.7. The molecule has 37 heavy (non-hydrogen) atoms. The highest BCUT2D eigenvalue weighted by Gasteiger charge is 2.54. The lowest BCUT2D eigenvalue weighted by Gasteiger charge is -2.50. The Hall–Kier alpha value is -3.48. The van der Waals surface area contributed by atoms with Crippen LogP contribution in [0.2, 0.25) is 0 Å². The van der Waals surface area contributed by atoms with Crippen LogP contribution in [0.3, 0.4) is 0 Å². The van der Waals surface area contributed by atoms with Gasteiger partial charge < -0.3 is 24.6 Å². The average molecular weight is 527 g/mol. The lowest BCUT2D eigenvalue weighted by molar-refractivity contribution is -0.192. The zero-order valence-electron chi connectivity index (χ0n) is 20.5. The van der Waals surface area contributed by atoms with E-state index in [1.807, 2.05) is 11.8 Å². The molecule has 2 N–H and O–H groups in total. The van der Waals surface area contributed by atoms with E-state index in [4.69, 9.17) is 19.2 Å². The summed E-state index contributed by atoms with van der Waals surface area (Å²) in [6.07, 6.45) is 1.51. The Balaban J connectivity index is 0.000000479. The first-order valence-electron chi connectivity index (χ1n) is 11.8. The number of nitrogens with zero attached hydrogens (tertiary/aromatic N) is 3. The van der Waals surface area contributed by atoms with Crippen molar-refractivity contribution in [3.05, 3.63) is 47.1 Å². The number of nitrogens with one attached hydrogen (secondary N) is 1. The van der Waals surface area contributed by atoms with Crippen LogP contribution >= 0.6 is 0 Å². The lowest BCUT2D eigenvalue weighted by Crippen LogP contribution is -2.66. The highest BCUT2D eigenvalue weighted by Crippen LogP contribution is 2.42. The number of halogens is 3. The van der Waals surface area contributed by atoms with Crippen molar-refractivity contribution in [2.24, 2.45) is 5.92 Å². The predicted octanol–water partition coefficient (Wildman–Crippen LogP) is 3.02. The van der Waals surface area contributed by atoms with Crippen LogP contribution in [0.1, 0.15) is 58.4 Å². The van der Waals surface area contributed by atoms with Gasteiger partial charge >= 0.3 is 12.1 Å². The molecule has 0 saturated carbocycles. The molecule has 4 heterocycles. The summed E-state index contributed by atoms with van der Waals surface area (Å²) in [7, 11) is 0. The van der Waals surface area contributed by atoms with Crippen molar-refractivity contribution < 1.29 is 41.9 Å². The number of likely N-dealkylation sites (tertiary alicyclic amines) is 1. The van der Waals surface area contributed by atoms with Crippen molar-refractivity contribution in [2.75, 3.05) is 26.2 Å². The number of hydrogen-bond acceptors (Lipinski definition) is 7. The second-order valence-corrected chi connectivity index (χ2v) is 8.96. The maximum Gasteiger partial charge on any atom is 0.490 e. The highest BCUT2D eigenvalue weighted by molar-refractivity contribution is 5.97. The van der Waals surface area contributed by atoms with Gasteiger partial charge in [-0.25, -0.2) is 4.79 Å². The Morgan fingerprint density at radius 2 is 1.89 bits per heavy atom. The van der Waals surface area contributed by atoms with Crippen molar-refractivity contribution in [3.8, 4) is 0 Å². The van der Waals surface area contributed by atoms with E-state index in [0.29, 0.717) is 61.2 Å². The van der Waals surface area contributed by atoms with Gasteiger partial charge in [0.25, 0.3) is 11.8 Å². The summed E-state index contributed by atoms with van der Waals surface area (Å²) in [5.41, 5.74) is 1.56. The van der Waals surface area contributed by atoms with Gasteiger partial charge in [0.15, 0.2) is 0 Å². The molecule has 13 heteroatoms. The van der Waals surface area contributed by atoms with Crippen LogP contribution in [0.25, 0.3) is 0 Å². The zero-order valence-corrected chi connectivity index (χ0v) is 20.5. The molecular weight excluding hydrogens is 497 g/mol. The van der Waals surface area contributed by atoms with E-state index >= 15 is 0 Å². The van der Waals surface area contributed by atoms with Gasteiger partial charge in [0.1, 0.15) is 16.9 Å². The number of carboxylic acids is 1. The molecular formula is C24H29F3N4O6. The predicted molar refractivity (Wildman–Crippen MR) is 123 cm³/mol. The number of amides is 2. The number of carboxylic acid groups (broad SMARTS) is 1. The molecule has 10 nitrogen and oxygen atoms in total. The molecule has 2 aromatic rings. The average Bonchev–Trinajstić information content (AvgIpc) is 3.42. The molecule has 0 bridgehead atoms. The second-order valence-electron chi connectivity index (χ2n) is 8.96. The van der Waals surface area contributed by atoms with Crippen LogP contribution in [0, 0.1) is 12.8 Å². The molecule has 2 aromatic heterocycles. The zero-order chi connectivity index (χ0) is 27.2. The maximum absolute atomic E-state index is 13.0. The molecule has 0 radical (unpaired) electrons. The Bertz CT molecular complexity index is 1100.